The molecular formula is C22H33N. The maximum Gasteiger partial charge on any atom is 0.0743 e. The van der Waals surface area contributed by atoms with E-state index in [4.69, 9.17) is 4.99 Å². The molecule has 2 unspecified atom stereocenters. The van der Waals surface area contributed by atoms with Gasteiger partial charge in [0.1, 0.15) is 0 Å². The van der Waals surface area contributed by atoms with Crippen LogP contribution in [-0.2, 0) is 0 Å². The second-order valence-electron chi connectivity index (χ2n) is 6.41. The Balaban J connectivity index is 2.84. The van der Waals surface area contributed by atoms with Gasteiger partial charge < -0.3 is 0 Å². The molecule has 2 atom stereocenters. The van der Waals surface area contributed by atoms with Gasteiger partial charge in [-0.1, -0.05) is 69.2 Å². The van der Waals surface area contributed by atoms with E-state index in [-0.39, 0.29) is 6.04 Å². The standard InChI is InChI=1S/C22H33N/c1-7-10-18(5)21-12-13-22(19(6)15-21)23-16-20(11-8-2)14-17(4)9-3/h9-10,12-16,19,22H,7-8,11H2,1-6H3/b17-9-,18-10-,20-14+,23-16+. The summed E-state index contributed by atoms with van der Waals surface area (Å²) in [5, 5.41) is 0. The molecule has 0 heterocycles. The summed E-state index contributed by atoms with van der Waals surface area (Å²) in [6.07, 6.45) is 18.9. The van der Waals surface area contributed by atoms with Crippen LogP contribution in [0.2, 0.25) is 0 Å². The molecule has 1 heteroatoms. The van der Waals surface area contributed by atoms with Gasteiger partial charge >= 0.3 is 0 Å². The summed E-state index contributed by atoms with van der Waals surface area (Å²) in [6, 6.07) is 0.249. The van der Waals surface area contributed by atoms with Crippen molar-refractivity contribution in [1.82, 2.24) is 0 Å². The minimum Gasteiger partial charge on any atom is -0.285 e. The molecule has 0 saturated carbocycles. The van der Waals surface area contributed by atoms with E-state index < -0.39 is 0 Å². The van der Waals surface area contributed by atoms with Crippen LogP contribution in [0.5, 0.6) is 0 Å². The van der Waals surface area contributed by atoms with Crippen LogP contribution < -0.4 is 0 Å². The van der Waals surface area contributed by atoms with Crippen molar-refractivity contribution in [2.75, 3.05) is 0 Å². The van der Waals surface area contributed by atoms with E-state index in [1.807, 2.05) is 0 Å². The molecule has 0 spiro atoms. The van der Waals surface area contributed by atoms with E-state index in [0.717, 1.165) is 19.3 Å². The van der Waals surface area contributed by atoms with Crippen molar-refractivity contribution in [3.8, 4) is 0 Å². The van der Waals surface area contributed by atoms with Gasteiger partial charge in [0.05, 0.1) is 6.04 Å². The summed E-state index contributed by atoms with van der Waals surface area (Å²) in [5.74, 6) is 0.442. The zero-order valence-corrected chi connectivity index (χ0v) is 15.8. The second-order valence-corrected chi connectivity index (χ2v) is 6.41. The Kier molecular flexibility index (Phi) is 8.61. The molecule has 126 valence electrons. The molecule has 0 radical (unpaired) electrons. The first kappa shape index (κ1) is 19.4. The molecule has 0 bridgehead atoms. The lowest BCUT2D eigenvalue weighted by Crippen LogP contribution is -2.15. The zero-order chi connectivity index (χ0) is 17.2. The molecule has 0 amide bonds. The predicted octanol–water partition coefficient (Wildman–Crippen LogP) is 6.61. The molecule has 1 rings (SSSR count). The quantitative estimate of drug-likeness (QED) is 0.370. The summed E-state index contributed by atoms with van der Waals surface area (Å²) in [5.41, 5.74) is 5.34. The monoisotopic (exact) mass is 311 g/mol. The van der Waals surface area contributed by atoms with Crippen molar-refractivity contribution in [3.05, 3.63) is 58.7 Å². The van der Waals surface area contributed by atoms with Crippen LogP contribution in [0.25, 0.3) is 0 Å². The van der Waals surface area contributed by atoms with Gasteiger partial charge in [0.25, 0.3) is 0 Å². The molecule has 1 aliphatic rings. The molecule has 0 aromatic rings. The van der Waals surface area contributed by atoms with Gasteiger partial charge in [-0.25, -0.2) is 0 Å². The van der Waals surface area contributed by atoms with Crippen LogP contribution in [0.4, 0.5) is 0 Å². The van der Waals surface area contributed by atoms with Gasteiger partial charge in [0.15, 0.2) is 0 Å². The Morgan fingerprint density at radius 1 is 1.26 bits per heavy atom. The molecule has 23 heavy (non-hydrogen) atoms. The fraction of sp³-hybridized carbons (Fsp3) is 0.500. The lowest BCUT2D eigenvalue weighted by atomic mass is 9.90. The van der Waals surface area contributed by atoms with Gasteiger partial charge in [-0.2, -0.15) is 0 Å². The number of aliphatic imine (C=N–C) groups is 1. The summed E-state index contributed by atoms with van der Waals surface area (Å²) < 4.78 is 0. The largest absolute Gasteiger partial charge is 0.285 e. The van der Waals surface area contributed by atoms with Crippen molar-refractivity contribution >= 4 is 6.21 Å². The lowest BCUT2D eigenvalue weighted by Gasteiger charge is -2.20. The highest BCUT2D eigenvalue weighted by atomic mass is 14.8. The second kappa shape index (κ2) is 10.2. The Hall–Kier alpha value is -1.63. The van der Waals surface area contributed by atoms with Crippen LogP contribution in [0.15, 0.2) is 63.7 Å². The summed E-state index contributed by atoms with van der Waals surface area (Å²) in [7, 11) is 0. The first-order chi connectivity index (χ1) is 11.0. The highest BCUT2D eigenvalue weighted by molar-refractivity contribution is 5.79. The Labute approximate surface area is 143 Å². The van der Waals surface area contributed by atoms with E-state index in [9.17, 15) is 0 Å². The normalized spacial score (nSPS) is 23.6. The fourth-order valence-corrected chi connectivity index (χ4v) is 2.71. The van der Waals surface area contributed by atoms with Gasteiger partial charge in [-0.05, 0) is 50.3 Å². The number of hydrogen-bond acceptors (Lipinski definition) is 1. The molecule has 0 fully saturated rings. The number of nitrogens with zero attached hydrogens (tertiary/aromatic N) is 1. The van der Waals surface area contributed by atoms with Crippen molar-refractivity contribution in [3.63, 3.8) is 0 Å². The maximum absolute atomic E-state index is 4.84. The van der Waals surface area contributed by atoms with Crippen molar-refractivity contribution in [1.29, 1.82) is 0 Å². The van der Waals surface area contributed by atoms with Crippen LogP contribution in [-0.4, -0.2) is 12.3 Å². The maximum atomic E-state index is 4.84. The summed E-state index contributed by atoms with van der Waals surface area (Å²) in [6.45, 7) is 13.1. The smallest absolute Gasteiger partial charge is 0.0743 e. The van der Waals surface area contributed by atoms with Gasteiger partial charge in [-0.15, -0.1) is 0 Å². The van der Waals surface area contributed by atoms with Crippen LogP contribution in [0.1, 0.15) is 60.8 Å². The Morgan fingerprint density at radius 3 is 2.57 bits per heavy atom. The lowest BCUT2D eigenvalue weighted by molar-refractivity contribution is 0.624. The molecule has 1 aliphatic carbocycles. The van der Waals surface area contributed by atoms with E-state index in [0.29, 0.717) is 5.92 Å². The zero-order valence-electron chi connectivity index (χ0n) is 15.8. The summed E-state index contributed by atoms with van der Waals surface area (Å²) >= 11 is 0. The van der Waals surface area contributed by atoms with Crippen LogP contribution in [0, 0.1) is 5.92 Å². The van der Waals surface area contributed by atoms with E-state index in [1.165, 1.54) is 22.3 Å². The third kappa shape index (κ3) is 6.56. The van der Waals surface area contributed by atoms with Crippen LogP contribution >= 0.6 is 0 Å². The highest BCUT2D eigenvalue weighted by Crippen LogP contribution is 2.24. The van der Waals surface area contributed by atoms with Gasteiger partial charge in [0, 0.05) is 12.1 Å². The van der Waals surface area contributed by atoms with Crippen molar-refractivity contribution in [2.45, 2.75) is 66.8 Å². The van der Waals surface area contributed by atoms with Crippen molar-refractivity contribution in [2.24, 2.45) is 10.9 Å². The fourth-order valence-electron chi connectivity index (χ4n) is 2.71. The molecule has 0 aromatic carbocycles. The third-order valence-electron chi connectivity index (χ3n) is 4.24. The van der Waals surface area contributed by atoms with Gasteiger partial charge in [-0.3, -0.25) is 4.99 Å². The number of allylic oxidation sites excluding steroid dienone is 8. The molecule has 0 saturated heterocycles. The predicted molar refractivity (Wildman–Crippen MR) is 105 cm³/mol. The minimum atomic E-state index is 0.249. The van der Waals surface area contributed by atoms with Crippen molar-refractivity contribution < 1.29 is 0 Å². The number of rotatable bonds is 7. The molecule has 0 aliphatic heterocycles. The SMILES string of the molecule is C\C=C(C)/C=C(/C=N/C1C=CC(/C(C)=C\CC)=CC1C)CCC. The number of hydrogen-bond donors (Lipinski definition) is 0. The minimum absolute atomic E-state index is 0.249. The first-order valence-electron chi connectivity index (χ1n) is 8.95. The molecular weight excluding hydrogens is 278 g/mol. The molecule has 0 N–H and O–H groups in total. The van der Waals surface area contributed by atoms with E-state index in [1.54, 1.807) is 0 Å². The highest BCUT2D eigenvalue weighted by Gasteiger charge is 2.15. The van der Waals surface area contributed by atoms with Crippen LogP contribution in [0.3, 0.4) is 0 Å². The summed E-state index contributed by atoms with van der Waals surface area (Å²) in [4.78, 5) is 4.84. The molecule has 0 aromatic heterocycles. The third-order valence-corrected chi connectivity index (χ3v) is 4.24. The van der Waals surface area contributed by atoms with E-state index >= 15 is 0 Å². The first-order valence-corrected chi connectivity index (χ1v) is 8.95. The Morgan fingerprint density at radius 2 is 2.00 bits per heavy atom. The molecule has 1 nitrogen and oxygen atoms in total. The topological polar surface area (TPSA) is 12.4 Å². The van der Waals surface area contributed by atoms with Gasteiger partial charge in [0.2, 0.25) is 0 Å². The average Bonchev–Trinajstić information content (AvgIpc) is 2.53. The van der Waals surface area contributed by atoms with E-state index in [2.05, 4.69) is 84.2 Å². The Bertz CT molecular complexity index is 553. The average molecular weight is 312 g/mol.